The first kappa shape index (κ1) is 17.7. The van der Waals surface area contributed by atoms with Crippen LogP contribution in [0.25, 0.3) is 0 Å². The third-order valence-electron chi connectivity index (χ3n) is 5.90. The molecule has 0 aliphatic carbocycles. The van der Waals surface area contributed by atoms with Crippen molar-refractivity contribution >= 4 is 0 Å². The molecule has 0 amide bonds. The molecule has 3 saturated heterocycles. The van der Waals surface area contributed by atoms with Gasteiger partial charge < -0.3 is 14.5 Å². The lowest BCUT2D eigenvalue weighted by atomic mass is 9.98. The van der Waals surface area contributed by atoms with Gasteiger partial charge in [0.15, 0.2) is 0 Å². The highest BCUT2D eigenvalue weighted by Crippen LogP contribution is 2.25. The van der Waals surface area contributed by atoms with E-state index >= 15 is 0 Å². The standard InChI is InChI=1S/C19H37N3O/c1-19(2,3)22-15-18(16-22)23-17-7-11-21(12-8-17)14-13-20-9-5-4-6-10-20/h17-18H,4-16H2,1-3H3. The van der Waals surface area contributed by atoms with Gasteiger partial charge in [0, 0.05) is 44.8 Å². The number of likely N-dealkylation sites (tertiary alicyclic amines) is 3. The highest BCUT2D eigenvalue weighted by Gasteiger charge is 2.36. The van der Waals surface area contributed by atoms with Crippen molar-refractivity contribution in [2.75, 3.05) is 52.4 Å². The van der Waals surface area contributed by atoms with Crippen LogP contribution in [0.5, 0.6) is 0 Å². The van der Waals surface area contributed by atoms with E-state index in [2.05, 4.69) is 35.5 Å². The second-order valence-corrected chi connectivity index (χ2v) is 8.78. The molecule has 3 aliphatic rings. The van der Waals surface area contributed by atoms with Gasteiger partial charge in [0.25, 0.3) is 0 Å². The zero-order valence-electron chi connectivity index (χ0n) is 15.6. The number of hydrogen-bond donors (Lipinski definition) is 0. The van der Waals surface area contributed by atoms with Crippen LogP contribution in [0.2, 0.25) is 0 Å². The minimum absolute atomic E-state index is 0.303. The maximum absolute atomic E-state index is 6.32. The largest absolute Gasteiger partial charge is 0.372 e. The molecule has 4 nitrogen and oxygen atoms in total. The van der Waals surface area contributed by atoms with E-state index in [1.54, 1.807) is 0 Å². The van der Waals surface area contributed by atoms with Crippen LogP contribution in [0.3, 0.4) is 0 Å². The zero-order chi connectivity index (χ0) is 16.3. The van der Waals surface area contributed by atoms with Crippen molar-refractivity contribution in [1.29, 1.82) is 0 Å². The second-order valence-electron chi connectivity index (χ2n) is 8.78. The summed E-state index contributed by atoms with van der Waals surface area (Å²) in [5, 5.41) is 0. The van der Waals surface area contributed by atoms with E-state index in [-0.39, 0.29) is 0 Å². The summed E-state index contributed by atoms with van der Waals surface area (Å²) in [6.45, 7) is 16.8. The molecule has 0 N–H and O–H groups in total. The SMILES string of the molecule is CC(C)(C)N1CC(OC2CCN(CCN3CCCCC3)CC2)C1. The molecular weight excluding hydrogens is 286 g/mol. The predicted molar refractivity (Wildman–Crippen MR) is 96.0 cm³/mol. The van der Waals surface area contributed by atoms with Crippen molar-refractivity contribution < 1.29 is 4.74 Å². The Labute approximate surface area is 143 Å². The number of piperidine rings is 2. The van der Waals surface area contributed by atoms with Gasteiger partial charge in [0.1, 0.15) is 0 Å². The maximum atomic E-state index is 6.32. The van der Waals surface area contributed by atoms with E-state index in [1.807, 2.05) is 0 Å². The summed E-state index contributed by atoms with van der Waals surface area (Å²) in [5.41, 5.74) is 0.303. The Hall–Kier alpha value is -0.160. The summed E-state index contributed by atoms with van der Waals surface area (Å²) >= 11 is 0. The first-order valence-electron chi connectivity index (χ1n) is 9.86. The number of ether oxygens (including phenoxy) is 1. The van der Waals surface area contributed by atoms with Gasteiger partial charge in [-0.2, -0.15) is 0 Å². The molecule has 0 aromatic heterocycles. The molecule has 3 aliphatic heterocycles. The highest BCUT2D eigenvalue weighted by atomic mass is 16.5. The molecule has 0 spiro atoms. The lowest BCUT2D eigenvalue weighted by Gasteiger charge is -2.48. The summed E-state index contributed by atoms with van der Waals surface area (Å²) in [4.78, 5) is 7.82. The van der Waals surface area contributed by atoms with Gasteiger partial charge in [-0.05, 0) is 59.5 Å². The van der Waals surface area contributed by atoms with Crippen LogP contribution in [0.4, 0.5) is 0 Å². The van der Waals surface area contributed by atoms with E-state index in [4.69, 9.17) is 4.74 Å². The predicted octanol–water partition coefficient (Wildman–Crippen LogP) is 2.44. The highest BCUT2D eigenvalue weighted by molar-refractivity contribution is 4.90. The Morgan fingerprint density at radius 1 is 0.783 bits per heavy atom. The maximum Gasteiger partial charge on any atom is 0.0832 e. The fraction of sp³-hybridized carbons (Fsp3) is 1.00. The molecule has 3 rings (SSSR count). The van der Waals surface area contributed by atoms with Gasteiger partial charge in [-0.15, -0.1) is 0 Å². The minimum atomic E-state index is 0.303. The van der Waals surface area contributed by atoms with E-state index in [0.29, 0.717) is 17.7 Å². The van der Waals surface area contributed by atoms with Crippen LogP contribution in [0.1, 0.15) is 52.9 Å². The topological polar surface area (TPSA) is 19.0 Å². The van der Waals surface area contributed by atoms with Gasteiger partial charge in [0.2, 0.25) is 0 Å². The molecule has 3 heterocycles. The van der Waals surface area contributed by atoms with Crippen LogP contribution in [0, 0.1) is 0 Å². The van der Waals surface area contributed by atoms with Crippen LogP contribution in [0.15, 0.2) is 0 Å². The Morgan fingerprint density at radius 3 is 1.91 bits per heavy atom. The summed E-state index contributed by atoms with van der Waals surface area (Å²) in [5.74, 6) is 0. The Morgan fingerprint density at radius 2 is 1.35 bits per heavy atom. The molecule has 0 atom stereocenters. The van der Waals surface area contributed by atoms with E-state index in [1.165, 1.54) is 71.4 Å². The van der Waals surface area contributed by atoms with Crippen molar-refractivity contribution in [3.63, 3.8) is 0 Å². The van der Waals surface area contributed by atoms with Crippen LogP contribution in [-0.2, 0) is 4.74 Å². The Balaban J connectivity index is 1.27. The normalized spacial score (nSPS) is 27.3. The summed E-state index contributed by atoms with van der Waals surface area (Å²) in [6, 6.07) is 0. The quantitative estimate of drug-likeness (QED) is 0.773. The van der Waals surface area contributed by atoms with Crippen molar-refractivity contribution in [2.24, 2.45) is 0 Å². The van der Waals surface area contributed by atoms with Crippen LogP contribution >= 0.6 is 0 Å². The van der Waals surface area contributed by atoms with Crippen molar-refractivity contribution in [3.8, 4) is 0 Å². The lowest BCUT2D eigenvalue weighted by molar-refractivity contribution is -0.129. The van der Waals surface area contributed by atoms with Gasteiger partial charge in [-0.1, -0.05) is 6.42 Å². The molecular formula is C19H37N3O. The molecule has 0 saturated carbocycles. The first-order chi connectivity index (χ1) is 11.0. The fourth-order valence-electron chi connectivity index (χ4n) is 4.08. The molecule has 3 fully saturated rings. The lowest BCUT2D eigenvalue weighted by Crippen LogP contribution is -2.60. The number of nitrogens with zero attached hydrogens (tertiary/aromatic N) is 3. The third kappa shape index (κ3) is 5.15. The third-order valence-corrected chi connectivity index (χ3v) is 5.90. The molecule has 23 heavy (non-hydrogen) atoms. The summed E-state index contributed by atoms with van der Waals surface area (Å²) < 4.78 is 6.32. The monoisotopic (exact) mass is 323 g/mol. The molecule has 4 heteroatoms. The van der Waals surface area contributed by atoms with Gasteiger partial charge in [-0.25, -0.2) is 0 Å². The van der Waals surface area contributed by atoms with E-state index < -0.39 is 0 Å². The molecule has 134 valence electrons. The van der Waals surface area contributed by atoms with Crippen molar-refractivity contribution in [3.05, 3.63) is 0 Å². The van der Waals surface area contributed by atoms with Crippen molar-refractivity contribution in [1.82, 2.24) is 14.7 Å². The molecule has 0 aromatic carbocycles. The number of rotatable bonds is 5. The molecule has 0 bridgehead atoms. The molecule has 0 unspecified atom stereocenters. The second kappa shape index (κ2) is 7.81. The van der Waals surface area contributed by atoms with Gasteiger partial charge >= 0.3 is 0 Å². The van der Waals surface area contributed by atoms with Crippen molar-refractivity contribution in [2.45, 2.75) is 70.6 Å². The average Bonchev–Trinajstić information content (AvgIpc) is 2.49. The van der Waals surface area contributed by atoms with E-state index in [0.717, 1.165) is 13.1 Å². The van der Waals surface area contributed by atoms with E-state index in [9.17, 15) is 0 Å². The molecule has 0 radical (unpaired) electrons. The summed E-state index contributed by atoms with van der Waals surface area (Å²) in [6.07, 6.45) is 7.70. The Bertz CT molecular complexity index is 348. The molecule has 0 aromatic rings. The minimum Gasteiger partial charge on any atom is -0.372 e. The van der Waals surface area contributed by atoms with Crippen LogP contribution < -0.4 is 0 Å². The Kier molecular flexibility index (Phi) is 6.00. The van der Waals surface area contributed by atoms with Crippen LogP contribution in [-0.4, -0.2) is 84.8 Å². The summed E-state index contributed by atoms with van der Waals surface area (Å²) in [7, 11) is 0. The average molecular weight is 324 g/mol. The first-order valence-corrected chi connectivity index (χ1v) is 9.86. The fourth-order valence-corrected chi connectivity index (χ4v) is 4.08. The smallest absolute Gasteiger partial charge is 0.0832 e. The number of hydrogen-bond acceptors (Lipinski definition) is 4. The van der Waals surface area contributed by atoms with Gasteiger partial charge in [-0.3, -0.25) is 4.90 Å². The zero-order valence-corrected chi connectivity index (χ0v) is 15.6. The van der Waals surface area contributed by atoms with Gasteiger partial charge in [0.05, 0.1) is 12.2 Å².